The van der Waals surface area contributed by atoms with Gasteiger partial charge in [-0.05, 0) is 48.6 Å². The SMILES string of the molecule is Cl.NC1CCC2CN(C(=O)C3CC3c3cccc(C(F)(F)F)c3)CC12. The molecule has 0 spiro atoms. The van der Waals surface area contributed by atoms with E-state index in [2.05, 4.69) is 0 Å². The fourth-order valence-corrected chi connectivity index (χ4v) is 4.50. The summed E-state index contributed by atoms with van der Waals surface area (Å²) in [5.74, 6) is 0.769. The molecule has 0 bridgehead atoms. The molecule has 1 amide bonds. The van der Waals surface area contributed by atoms with Crippen LogP contribution in [0, 0.1) is 17.8 Å². The Balaban J connectivity index is 0.00000182. The molecule has 3 nitrogen and oxygen atoms in total. The van der Waals surface area contributed by atoms with Crippen LogP contribution in [0.25, 0.3) is 0 Å². The Bertz CT molecular complexity index is 666. The molecule has 7 heteroatoms. The van der Waals surface area contributed by atoms with Crippen molar-refractivity contribution in [2.75, 3.05) is 13.1 Å². The predicted molar refractivity (Wildman–Crippen MR) is 90.3 cm³/mol. The van der Waals surface area contributed by atoms with Crippen LogP contribution >= 0.6 is 12.4 Å². The first-order chi connectivity index (χ1) is 11.3. The van der Waals surface area contributed by atoms with Crippen LogP contribution in [0.1, 0.15) is 36.3 Å². The first kappa shape index (κ1) is 18.5. The van der Waals surface area contributed by atoms with Gasteiger partial charge in [0.25, 0.3) is 0 Å². The lowest BCUT2D eigenvalue weighted by Crippen LogP contribution is -2.34. The van der Waals surface area contributed by atoms with Crippen molar-refractivity contribution in [2.24, 2.45) is 23.5 Å². The zero-order chi connectivity index (χ0) is 17.1. The van der Waals surface area contributed by atoms with E-state index in [1.165, 1.54) is 12.1 Å². The highest BCUT2D eigenvalue weighted by molar-refractivity contribution is 5.85. The molecular formula is C18H22ClF3N2O. The lowest BCUT2D eigenvalue weighted by molar-refractivity contribution is -0.137. The molecule has 0 aromatic heterocycles. The van der Waals surface area contributed by atoms with Crippen molar-refractivity contribution in [3.05, 3.63) is 35.4 Å². The normalized spacial score (nSPS) is 33.8. The quantitative estimate of drug-likeness (QED) is 0.862. The highest BCUT2D eigenvalue weighted by atomic mass is 35.5. The summed E-state index contributed by atoms with van der Waals surface area (Å²) in [4.78, 5) is 14.6. The number of amides is 1. The van der Waals surface area contributed by atoms with Gasteiger partial charge in [0, 0.05) is 25.0 Å². The molecule has 2 N–H and O–H groups in total. The maximum Gasteiger partial charge on any atom is 0.416 e. The smallest absolute Gasteiger partial charge is 0.342 e. The predicted octanol–water partition coefficient (Wildman–Crippen LogP) is 3.43. The van der Waals surface area contributed by atoms with E-state index in [0.29, 0.717) is 23.8 Å². The van der Waals surface area contributed by atoms with Gasteiger partial charge in [0.2, 0.25) is 5.91 Å². The summed E-state index contributed by atoms with van der Waals surface area (Å²) in [6.45, 7) is 1.49. The van der Waals surface area contributed by atoms with Crippen molar-refractivity contribution in [1.82, 2.24) is 4.90 Å². The van der Waals surface area contributed by atoms with Gasteiger partial charge in [-0.1, -0.05) is 18.2 Å². The molecule has 5 atom stereocenters. The molecule has 2 saturated carbocycles. The van der Waals surface area contributed by atoms with E-state index in [1.54, 1.807) is 6.07 Å². The summed E-state index contributed by atoms with van der Waals surface area (Å²) in [7, 11) is 0. The number of rotatable bonds is 2. The number of fused-ring (bicyclic) bond motifs is 1. The first-order valence-corrected chi connectivity index (χ1v) is 8.56. The molecule has 3 fully saturated rings. The minimum Gasteiger partial charge on any atom is -0.342 e. The number of carbonyl (C=O) groups is 1. The van der Waals surface area contributed by atoms with E-state index in [4.69, 9.17) is 5.73 Å². The molecule has 4 rings (SSSR count). The van der Waals surface area contributed by atoms with Gasteiger partial charge in [0.15, 0.2) is 0 Å². The standard InChI is InChI=1S/C18H21F3N2O.ClH/c19-18(20,21)12-3-1-2-10(6-12)13-7-14(13)17(24)23-8-11-4-5-16(22)15(11)9-23;/h1-3,6,11,13-16H,4-5,7-9,22H2;1H. The first-order valence-electron chi connectivity index (χ1n) is 8.56. The van der Waals surface area contributed by atoms with Gasteiger partial charge in [0.1, 0.15) is 0 Å². The van der Waals surface area contributed by atoms with Crippen molar-refractivity contribution in [1.29, 1.82) is 0 Å². The largest absolute Gasteiger partial charge is 0.416 e. The second-order valence-electron chi connectivity index (χ2n) is 7.48. The van der Waals surface area contributed by atoms with E-state index in [-0.39, 0.29) is 36.2 Å². The van der Waals surface area contributed by atoms with Crippen LogP contribution in [0.5, 0.6) is 0 Å². The summed E-state index contributed by atoms with van der Waals surface area (Å²) >= 11 is 0. The van der Waals surface area contributed by atoms with Gasteiger partial charge < -0.3 is 10.6 Å². The van der Waals surface area contributed by atoms with Crippen LogP contribution in [-0.4, -0.2) is 29.9 Å². The summed E-state index contributed by atoms with van der Waals surface area (Å²) in [5.41, 5.74) is 6.09. The molecule has 25 heavy (non-hydrogen) atoms. The topological polar surface area (TPSA) is 46.3 Å². The number of hydrogen-bond donors (Lipinski definition) is 1. The molecule has 1 heterocycles. The molecule has 3 aliphatic rings. The zero-order valence-electron chi connectivity index (χ0n) is 13.7. The highest BCUT2D eigenvalue weighted by Gasteiger charge is 2.50. The van der Waals surface area contributed by atoms with Gasteiger partial charge in [-0.15, -0.1) is 12.4 Å². The highest BCUT2D eigenvalue weighted by Crippen LogP contribution is 2.50. The Labute approximate surface area is 151 Å². The maximum atomic E-state index is 12.8. The molecule has 5 unspecified atom stereocenters. The third kappa shape index (κ3) is 3.38. The Morgan fingerprint density at radius 1 is 1.20 bits per heavy atom. The Kier molecular flexibility index (Phi) is 4.79. The maximum absolute atomic E-state index is 12.8. The fraction of sp³-hybridized carbons (Fsp3) is 0.611. The number of nitrogens with two attached hydrogens (primary N) is 1. The molecule has 1 aromatic carbocycles. The number of benzene rings is 1. The van der Waals surface area contributed by atoms with E-state index in [9.17, 15) is 18.0 Å². The van der Waals surface area contributed by atoms with E-state index in [0.717, 1.165) is 32.0 Å². The summed E-state index contributed by atoms with van der Waals surface area (Å²) in [6.07, 6.45) is -1.57. The van der Waals surface area contributed by atoms with Crippen molar-refractivity contribution >= 4 is 18.3 Å². The van der Waals surface area contributed by atoms with Gasteiger partial charge >= 0.3 is 6.18 Å². The van der Waals surface area contributed by atoms with Crippen molar-refractivity contribution in [2.45, 2.75) is 37.4 Å². The third-order valence-electron chi connectivity index (χ3n) is 5.97. The second kappa shape index (κ2) is 6.47. The molecule has 138 valence electrons. The Morgan fingerprint density at radius 2 is 1.96 bits per heavy atom. The van der Waals surface area contributed by atoms with Crippen LogP contribution in [0.15, 0.2) is 24.3 Å². The molecule has 0 radical (unpaired) electrons. The molecule has 1 aromatic rings. The molecule has 2 aliphatic carbocycles. The lowest BCUT2D eigenvalue weighted by Gasteiger charge is -2.19. The second-order valence-corrected chi connectivity index (χ2v) is 7.48. The molecule has 1 aliphatic heterocycles. The zero-order valence-corrected chi connectivity index (χ0v) is 14.5. The van der Waals surface area contributed by atoms with Gasteiger partial charge in [-0.25, -0.2) is 0 Å². The fourth-order valence-electron chi connectivity index (χ4n) is 4.50. The number of carbonyl (C=O) groups excluding carboxylic acids is 1. The van der Waals surface area contributed by atoms with Gasteiger partial charge in [0.05, 0.1) is 5.56 Å². The average Bonchev–Trinajstić information content (AvgIpc) is 3.11. The van der Waals surface area contributed by atoms with Crippen LogP contribution in [0.2, 0.25) is 0 Å². The monoisotopic (exact) mass is 374 g/mol. The number of nitrogens with zero attached hydrogens (tertiary/aromatic N) is 1. The minimum absolute atomic E-state index is 0. The number of likely N-dealkylation sites (tertiary alicyclic amines) is 1. The number of alkyl halides is 3. The van der Waals surface area contributed by atoms with Crippen LogP contribution < -0.4 is 5.73 Å². The van der Waals surface area contributed by atoms with Gasteiger partial charge in [-0.2, -0.15) is 13.2 Å². The Hall–Kier alpha value is -1.27. The van der Waals surface area contributed by atoms with E-state index in [1.807, 2.05) is 4.90 Å². The third-order valence-corrected chi connectivity index (χ3v) is 5.97. The molecular weight excluding hydrogens is 353 g/mol. The van der Waals surface area contributed by atoms with Crippen LogP contribution in [0.3, 0.4) is 0 Å². The summed E-state index contributed by atoms with van der Waals surface area (Å²) < 4.78 is 38.5. The average molecular weight is 375 g/mol. The Morgan fingerprint density at radius 3 is 2.64 bits per heavy atom. The molecule has 1 saturated heterocycles. The minimum atomic E-state index is -4.34. The van der Waals surface area contributed by atoms with Gasteiger partial charge in [-0.3, -0.25) is 4.79 Å². The number of hydrogen-bond acceptors (Lipinski definition) is 2. The summed E-state index contributed by atoms with van der Waals surface area (Å²) in [6, 6.07) is 5.57. The lowest BCUT2D eigenvalue weighted by atomic mass is 9.98. The van der Waals surface area contributed by atoms with E-state index < -0.39 is 11.7 Å². The van der Waals surface area contributed by atoms with Crippen LogP contribution in [-0.2, 0) is 11.0 Å². The summed E-state index contributed by atoms with van der Waals surface area (Å²) in [5, 5.41) is 0. The van der Waals surface area contributed by atoms with E-state index >= 15 is 0 Å². The van der Waals surface area contributed by atoms with Crippen molar-refractivity contribution in [3.63, 3.8) is 0 Å². The number of halogens is 4. The van der Waals surface area contributed by atoms with Crippen LogP contribution in [0.4, 0.5) is 13.2 Å². The van der Waals surface area contributed by atoms with Crippen molar-refractivity contribution in [3.8, 4) is 0 Å². The van der Waals surface area contributed by atoms with Crippen molar-refractivity contribution < 1.29 is 18.0 Å².